The van der Waals surface area contributed by atoms with Gasteiger partial charge in [0.2, 0.25) is 22.6 Å². The third-order valence-electron chi connectivity index (χ3n) is 23.5. The number of nitrogens with zero attached hydrogens (tertiary/aromatic N) is 20. The van der Waals surface area contributed by atoms with Crippen LogP contribution >= 0.6 is 23.2 Å². The van der Waals surface area contributed by atoms with Crippen molar-refractivity contribution in [2.75, 3.05) is 105 Å². The zero-order valence-electron chi connectivity index (χ0n) is 71.0. The van der Waals surface area contributed by atoms with Gasteiger partial charge in [-0.25, -0.2) is 66.2 Å². The van der Waals surface area contributed by atoms with E-state index in [1.165, 1.54) is 51.9 Å². The lowest BCUT2D eigenvalue weighted by molar-refractivity contribution is -0.127. The van der Waals surface area contributed by atoms with E-state index in [-0.39, 0.29) is 99.4 Å². The Morgan fingerprint density at radius 1 is 0.584 bits per heavy atom. The molecule has 0 spiro atoms. The summed E-state index contributed by atoms with van der Waals surface area (Å²) in [4.78, 5) is 132. The van der Waals surface area contributed by atoms with E-state index in [9.17, 15) is 42.7 Å². The van der Waals surface area contributed by atoms with Crippen molar-refractivity contribution in [3.63, 3.8) is 0 Å². The third kappa shape index (κ3) is 17.8. The van der Waals surface area contributed by atoms with Crippen molar-refractivity contribution < 1.29 is 37.4 Å². The fraction of sp³-hybridized carbons (Fsp3) is 0.363. The number of phenolic OH excluding ortho intramolecular Hbond substituents is 1. The van der Waals surface area contributed by atoms with Gasteiger partial charge in [0.05, 0.1) is 65.9 Å². The molecule has 0 unspecified atom stereocenters. The second kappa shape index (κ2) is 37.2. The zero-order chi connectivity index (χ0) is 89.1. The number of piperazine rings is 3. The molecule has 11 aromatic rings. The molecule has 34 heteroatoms. The number of aryl methyl sites for hydroxylation is 1. The van der Waals surface area contributed by atoms with Gasteiger partial charge in [-0.05, 0) is 173 Å². The number of rotatable bonds is 19. The Bertz CT molecular complexity index is 6330. The van der Waals surface area contributed by atoms with Crippen molar-refractivity contribution in [2.24, 2.45) is 5.11 Å². The number of para-hydroxylation sites is 1. The molecule has 11 heterocycles. The van der Waals surface area contributed by atoms with Gasteiger partial charge in [0.1, 0.15) is 75.7 Å². The van der Waals surface area contributed by atoms with E-state index >= 15 is 4.39 Å². The lowest BCUT2D eigenvalue weighted by Crippen LogP contribution is -2.54. The van der Waals surface area contributed by atoms with Crippen LogP contribution in [0.25, 0.3) is 72.7 Å². The maximum atomic E-state index is 15.8. The monoisotopic (exact) mass is 1740 g/mol. The van der Waals surface area contributed by atoms with Crippen molar-refractivity contribution in [1.82, 2.24) is 73.2 Å². The van der Waals surface area contributed by atoms with E-state index < -0.39 is 51.5 Å². The first-order chi connectivity index (χ1) is 60.0. The second-order valence-corrected chi connectivity index (χ2v) is 33.4. The number of halogens is 5. The van der Waals surface area contributed by atoms with Crippen LogP contribution in [0.5, 0.6) is 11.5 Å². The average molecular weight is 1740 g/mol. The minimum atomic E-state index is -0.913. The van der Waals surface area contributed by atoms with Gasteiger partial charge < -0.3 is 44.1 Å². The zero-order valence-corrected chi connectivity index (χ0v) is 72.5. The van der Waals surface area contributed by atoms with Gasteiger partial charge in [-0.1, -0.05) is 114 Å². The second-order valence-electron chi connectivity index (χ2n) is 32.6. The summed E-state index contributed by atoms with van der Waals surface area (Å²) in [5.41, 5.74) is 10.2. The Kier molecular flexibility index (Phi) is 26.2. The summed E-state index contributed by atoms with van der Waals surface area (Å²) in [6.07, 6.45) is 10.6. The van der Waals surface area contributed by atoms with Gasteiger partial charge in [-0.3, -0.25) is 14.4 Å². The number of nitrogens with one attached hydrogen (secondary N) is 1. The standard InChI is InChI=1S/C31H29ClFN5O2.C31H39ClN9O3.C29H29F2N7O3/c1-4-26(39)36-15-16-37(19(2)18-36)28-21-17-23(32)27(20-9-5-7-11-24(20)33)34-29(21)38(30(40)35-28)25-12-8-6-10-22(25)31(3)13-14-31;1-5-27(42)39-14-15-40(21(4)19-39)28-24-18-25(32)30(38-12-7-6-8-13-38)35-29(24)41(31(43)36-28)26-10-9-22(17-23(26)20(2)3)44-16-11-34-37-33;1-6-22(40)36-10-11-37(16(4)13-36)27-18-12-20(31)25(23-19(30)8-7-9-21(23)39)34-28(18)38(29(41)35-27)26-17(5)32-14-33-24(26)15(2)3/h4-12,17,19H,1,13-16,18H2,2-3H3;5,9-10,17-18,20-21,33H,1,6-8,11-16,19H2,2-4H3;6-9,12,14-16,39H,1,10-11,13H2,2-5H3/q;+1;/t19-;21-;16-/m000/s1. The van der Waals surface area contributed by atoms with Crippen molar-refractivity contribution in [2.45, 2.75) is 130 Å². The molecule has 29 nitrogen and oxygen atoms in total. The predicted octanol–water partition coefficient (Wildman–Crippen LogP) is 14.1. The Hall–Kier alpha value is -13.1. The van der Waals surface area contributed by atoms with Crippen LogP contribution in [-0.4, -0.2) is 194 Å². The maximum Gasteiger partial charge on any atom is 0.355 e. The smallest absolute Gasteiger partial charge is 0.355 e. The molecule has 16 rings (SSSR count). The Morgan fingerprint density at radius 3 is 1.63 bits per heavy atom. The molecular weight excluding hydrogens is 1640 g/mol. The number of benzene rings is 4. The summed E-state index contributed by atoms with van der Waals surface area (Å²) in [6.45, 7) is 34.5. The molecule has 4 saturated heterocycles. The highest BCUT2D eigenvalue weighted by Crippen LogP contribution is 2.50. The van der Waals surface area contributed by atoms with Gasteiger partial charge in [0, 0.05) is 95.7 Å². The molecule has 0 radical (unpaired) electrons. The molecule has 4 aliphatic heterocycles. The summed E-state index contributed by atoms with van der Waals surface area (Å²) in [5, 5.41) is 16.3. The molecule has 7 aromatic heterocycles. The highest BCUT2D eigenvalue weighted by molar-refractivity contribution is 6.34. The largest absolute Gasteiger partial charge is 0.507 e. The summed E-state index contributed by atoms with van der Waals surface area (Å²) < 4.78 is 55.8. The van der Waals surface area contributed by atoms with Gasteiger partial charge in [-0.2, -0.15) is 15.0 Å². The normalized spacial score (nSPS) is 16.9. The first-order valence-electron chi connectivity index (χ1n) is 41.6. The number of carbonyl (C=O) groups excluding carboxylic acids is 3. The number of amides is 3. The number of aromatic hydroxyl groups is 1. The van der Waals surface area contributed by atoms with Crippen molar-refractivity contribution in [3.05, 3.63) is 229 Å². The fourth-order valence-electron chi connectivity index (χ4n) is 16.9. The van der Waals surface area contributed by atoms with E-state index in [1.807, 2.05) is 92.9 Å². The predicted molar refractivity (Wildman–Crippen MR) is 477 cm³/mol. The lowest BCUT2D eigenvalue weighted by Gasteiger charge is -2.40. The van der Waals surface area contributed by atoms with Crippen LogP contribution < -0.4 is 46.3 Å². The topological polar surface area (TPSA) is 323 Å². The Balaban J connectivity index is 0.000000153. The first-order valence-corrected chi connectivity index (χ1v) is 42.4. The van der Waals surface area contributed by atoms with Crippen molar-refractivity contribution >= 4 is 97.3 Å². The number of hydrogen-bond donors (Lipinski definition) is 2. The van der Waals surface area contributed by atoms with Crippen molar-refractivity contribution in [3.8, 4) is 51.1 Å². The molecule has 1 aliphatic carbocycles. The van der Waals surface area contributed by atoms with E-state index in [0.717, 1.165) is 68.5 Å². The average Bonchev–Trinajstić information content (AvgIpc) is 1.72. The van der Waals surface area contributed by atoms with E-state index in [1.54, 1.807) is 50.5 Å². The molecule has 2 N–H and O–H groups in total. The maximum absolute atomic E-state index is 15.8. The molecule has 3 amide bonds. The van der Waals surface area contributed by atoms with Crippen LogP contribution in [0.3, 0.4) is 0 Å². The fourth-order valence-corrected chi connectivity index (χ4v) is 17.4. The van der Waals surface area contributed by atoms with E-state index in [0.29, 0.717) is 138 Å². The highest BCUT2D eigenvalue weighted by Gasteiger charge is 2.42. The van der Waals surface area contributed by atoms with Crippen LogP contribution in [0.2, 0.25) is 10.0 Å². The third-order valence-corrected chi connectivity index (χ3v) is 24.1. The number of anilines is 4. The van der Waals surface area contributed by atoms with Crippen LogP contribution in [0.15, 0.2) is 167 Å². The van der Waals surface area contributed by atoms with Crippen LogP contribution in [0.1, 0.15) is 122 Å². The van der Waals surface area contributed by atoms with E-state index in [2.05, 4.69) is 90.2 Å². The number of phenols is 1. The summed E-state index contributed by atoms with van der Waals surface area (Å²) in [6, 6.07) is 27.5. The SMILES string of the molecule is C=CC(=O)N1CCN(c2nc(=O)n(-c3c(C)ncnc3C(C)C)c3nc(-c4c(O)cccc4F)c(F)cc23)[C@@H](C)C1.C=CC(=O)N1CCN(c2nc(=O)n(-c3ccc(OCCN=[N+]=N)cc3C(C)C)c3nc(N4CCCCC4)c(Cl)cc23)[C@@H](C)C1.C=CC(=O)N1CCN(c2nc(=O)n(-c3ccccc3C3(C)CC3)c3nc(-c4ccccc4F)c(Cl)cc23)[C@@H](C)C1. The highest BCUT2D eigenvalue weighted by atomic mass is 35.5. The number of carbonyl (C=O) groups is 3. The molecule has 3 atom stereocenters. The molecule has 648 valence electrons. The first kappa shape index (κ1) is 88.3. The van der Waals surface area contributed by atoms with Crippen molar-refractivity contribution in [1.29, 1.82) is 5.53 Å². The van der Waals surface area contributed by atoms with E-state index in [4.69, 9.17) is 43.4 Å². The van der Waals surface area contributed by atoms with Gasteiger partial charge in [-0.15, -0.1) is 0 Å². The molecular formula is C91H97Cl2F3N21O8+. The molecule has 5 fully saturated rings. The number of aromatic nitrogens is 11. The van der Waals surface area contributed by atoms with Gasteiger partial charge in [0.25, 0.3) is 0 Å². The molecule has 0 bridgehead atoms. The molecule has 5 aliphatic rings. The summed E-state index contributed by atoms with van der Waals surface area (Å²) >= 11 is 13.7. The molecule has 125 heavy (non-hydrogen) atoms. The quantitative estimate of drug-likeness (QED) is 0.0329. The van der Waals surface area contributed by atoms with Gasteiger partial charge in [0.15, 0.2) is 29.3 Å². The molecule has 1 saturated carbocycles. The number of piperidine rings is 1. The van der Waals surface area contributed by atoms with Gasteiger partial charge >= 0.3 is 17.1 Å². The van der Waals surface area contributed by atoms with Crippen LogP contribution in [0, 0.1) is 29.9 Å². The lowest BCUT2D eigenvalue weighted by atomic mass is 9.96. The number of hydrogen-bond acceptors (Lipinski definition) is 22. The Labute approximate surface area is 729 Å². The Morgan fingerprint density at radius 2 is 1.10 bits per heavy atom. The number of pyridine rings is 3. The van der Waals surface area contributed by atoms with Crippen LogP contribution in [0.4, 0.5) is 36.4 Å². The minimum absolute atomic E-state index is 0.00403. The number of fused-ring (bicyclic) bond motifs is 3. The number of ether oxygens (including phenoxy) is 1. The van der Waals surface area contributed by atoms with Crippen LogP contribution in [-0.2, 0) is 19.8 Å². The minimum Gasteiger partial charge on any atom is -0.507 e. The summed E-state index contributed by atoms with van der Waals surface area (Å²) in [7, 11) is 0. The summed E-state index contributed by atoms with van der Waals surface area (Å²) in [5.74, 6) is -0.873. The molecule has 4 aromatic carbocycles.